The van der Waals surface area contributed by atoms with Crippen LogP contribution in [0.25, 0.3) is 11.3 Å². The first-order valence-electron chi connectivity index (χ1n) is 10.6. The van der Waals surface area contributed by atoms with Gasteiger partial charge in [-0.05, 0) is 44.0 Å². The highest BCUT2D eigenvalue weighted by Gasteiger charge is 2.37. The number of carbonyl (C=O) groups excluding carboxylic acids is 1. The number of hydrogen-bond acceptors (Lipinski definition) is 6. The normalized spacial score (nSPS) is 16.5. The molecule has 0 bridgehead atoms. The molecule has 2 aromatic heterocycles. The van der Waals surface area contributed by atoms with Gasteiger partial charge in [0.25, 0.3) is 0 Å². The van der Waals surface area contributed by atoms with Gasteiger partial charge in [-0.1, -0.05) is 12.1 Å². The van der Waals surface area contributed by atoms with Crippen molar-refractivity contribution in [1.29, 1.82) is 0 Å². The van der Waals surface area contributed by atoms with E-state index in [0.717, 1.165) is 11.6 Å². The van der Waals surface area contributed by atoms with Gasteiger partial charge in [0.1, 0.15) is 11.6 Å². The molecular weight excluding hydrogens is 453 g/mol. The third-order valence-electron chi connectivity index (χ3n) is 5.38. The van der Waals surface area contributed by atoms with Crippen molar-refractivity contribution in [2.24, 2.45) is 5.92 Å². The van der Waals surface area contributed by atoms with Crippen molar-refractivity contribution in [3.05, 3.63) is 53.5 Å². The van der Waals surface area contributed by atoms with Crippen LogP contribution in [0.3, 0.4) is 0 Å². The van der Waals surface area contributed by atoms with E-state index in [4.69, 9.17) is 4.74 Å². The fourth-order valence-corrected chi connectivity index (χ4v) is 4.59. The van der Waals surface area contributed by atoms with E-state index in [0.29, 0.717) is 42.6 Å². The highest BCUT2D eigenvalue weighted by molar-refractivity contribution is 7.14. The minimum atomic E-state index is -4.51. The molecule has 1 aliphatic heterocycles. The summed E-state index contributed by atoms with van der Waals surface area (Å²) in [7, 11) is 0. The van der Waals surface area contributed by atoms with E-state index in [1.54, 1.807) is 4.90 Å². The fourth-order valence-electron chi connectivity index (χ4n) is 3.88. The topological polar surface area (TPSA) is 67.3 Å². The van der Waals surface area contributed by atoms with Crippen LogP contribution in [-0.4, -0.2) is 35.6 Å². The Morgan fingerprint density at radius 1 is 1.27 bits per heavy atom. The lowest BCUT2D eigenvalue weighted by atomic mass is 9.97. The standard InChI is InChI=1S/C23H23F3N4O2S/c1-2-32-19-10-4-3-8-16(19)18-14-33-22(28-18)29-21(31)15-7-6-12-30(13-15)20-17(23(24,25)26)9-5-11-27-20/h3-5,8-11,14-15H,2,6-7,12-13H2,1H3,(H,28,29,31). The molecule has 33 heavy (non-hydrogen) atoms. The van der Waals surface area contributed by atoms with Gasteiger partial charge in [0, 0.05) is 30.2 Å². The summed E-state index contributed by atoms with van der Waals surface area (Å²) in [5, 5.41) is 5.10. The molecule has 0 radical (unpaired) electrons. The number of piperidine rings is 1. The van der Waals surface area contributed by atoms with E-state index < -0.39 is 17.7 Å². The summed E-state index contributed by atoms with van der Waals surface area (Å²) in [6, 6.07) is 9.81. The zero-order chi connectivity index (χ0) is 23.4. The van der Waals surface area contributed by atoms with Crippen molar-refractivity contribution in [2.75, 3.05) is 29.9 Å². The summed E-state index contributed by atoms with van der Waals surface area (Å²) in [6.07, 6.45) is -1.99. The quantitative estimate of drug-likeness (QED) is 0.511. The monoisotopic (exact) mass is 476 g/mol. The number of thiazole rings is 1. The number of rotatable bonds is 6. The van der Waals surface area contributed by atoms with Crippen molar-refractivity contribution in [2.45, 2.75) is 25.9 Å². The number of nitrogens with one attached hydrogen (secondary N) is 1. The second-order valence-corrected chi connectivity index (χ2v) is 8.47. The molecule has 3 heterocycles. The van der Waals surface area contributed by atoms with Crippen LogP contribution >= 0.6 is 11.3 Å². The third-order valence-corrected chi connectivity index (χ3v) is 6.14. The molecule has 10 heteroatoms. The Morgan fingerprint density at radius 2 is 2.09 bits per heavy atom. The van der Waals surface area contributed by atoms with E-state index in [9.17, 15) is 18.0 Å². The molecule has 1 N–H and O–H groups in total. The Labute approximate surface area is 193 Å². The maximum Gasteiger partial charge on any atom is 0.419 e. The zero-order valence-corrected chi connectivity index (χ0v) is 18.7. The number of benzene rings is 1. The van der Waals surface area contributed by atoms with Gasteiger partial charge in [0.15, 0.2) is 5.13 Å². The summed E-state index contributed by atoms with van der Waals surface area (Å²) in [5.41, 5.74) is 0.728. The number of anilines is 2. The van der Waals surface area contributed by atoms with Crippen LogP contribution in [0.4, 0.5) is 24.1 Å². The van der Waals surface area contributed by atoms with Gasteiger partial charge in [-0.25, -0.2) is 9.97 Å². The van der Waals surface area contributed by atoms with Gasteiger partial charge in [0.05, 0.1) is 23.8 Å². The number of para-hydroxylation sites is 1. The van der Waals surface area contributed by atoms with Crippen LogP contribution in [0.5, 0.6) is 5.75 Å². The van der Waals surface area contributed by atoms with Gasteiger partial charge < -0.3 is 15.0 Å². The van der Waals surface area contributed by atoms with Crippen LogP contribution in [-0.2, 0) is 11.0 Å². The Hall–Kier alpha value is -3.14. The Kier molecular flexibility index (Phi) is 6.83. The molecule has 0 spiro atoms. The molecule has 1 amide bonds. The molecule has 3 aromatic rings. The van der Waals surface area contributed by atoms with Crippen LogP contribution in [0.2, 0.25) is 0 Å². The number of nitrogens with zero attached hydrogens (tertiary/aromatic N) is 3. The van der Waals surface area contributed by atoms with Gasteiger partial charge in [-0.3, -0.25) is 4.79 Å². The molecule has 1 aromatic carbocycles. The first-order chi connectivity index (χ1) is 15.9. The van der Waals surface area contributed by atoms with Crippen molar-refractivity contribution in [3.63, 3.8) is 0 Å². The number of aromatic nitrogens is 2. The van der Waals surface area contributed by atoms with Crippen molar-refractivity contribution >= 4 is 28.2 Å². The van der Waals surface area contributed by atoms with E-state index in [-0.39, 0.29) is 18.3 Å². The highest BCUT2D eigenvalue weighted by atomic mass is 32.1. The summed E-state index contributed by atoms with van der Waals surface area (Å²) in [4.78, 5) is 22.9. The molecular formula is C23H23F3N4O2S. The second kappa shape index (κ2) is 9.78. The maximum atomic E-state index is 13.4. The van der Waals surface area contributed by atoms with Gasteiger partial charge in [0.2, 0.25) is 5.91 Å². The van der Waals surface area contributed by atoms with E-state index >= 15 is 0 Å². The summed E-state index contributed by atoms with van der Waals surface area (Å²) in [6.45, 7) is 3.01. The lowest BCUT2D eigenvalue weighted by Gasteiger charge is -2.34. The lowest BCUT2D eigenvalue weighted by molar-refractivity contribution is -0.137. The average Bonchev–Trinajstić information content (AvgIpc) is 3.27. The van der Waals surface area contributed by atoms with E-state index in [2.05, 4.69) is 15.3 Å². The lowest BCUT2D eigenvalue weighted by Crippen LogP contribution is -2.41. The van der Waals surface area contributed by atoms with Gasteiger partial charge in [-0.15, -0.1) is 11.3 Å². The number of halogens is 3. The third kappa shape index (κ3) is 5.27. The molecule has 1 atom stereocenters. The SMILES string of the molecule is CCOc1ccccc1-c1csc(NC(=O)C2CCCN(c3ncccc3C(F)(F)F)C2)n1. The molecule has 174 valence electrons. The maximum absolute atomic E-state index is 13.4. The smallest absolute Gasteiger partial charge is 0.419 e. The van der Waals surface area contributed by atoms with Crippen LogP contribution in [0.1, 0.15) is 25.3 Å². The summed E-state index contributed by atoms with van der Waals surface area (Å²) >= 11 is 1.29. The van der Waals surface area contributed by atoms with E-state index in [1.165, 1.54) is 23.6 Å². The molecule has 4 rings (SSSR count). The predicted octanol–water partition coefficient (Wildman–Crippen LogP) is 5.48. The molecule has 1 saturated heterocycles. The largest absolute Gasteiger partial charge is 0.493 e. The Bertz CT molecular complexity index is 1120. The minimum Gasteiger partial charge on any atom is -0.493 e. The minimum absolute atomic E-state index is 0.133. The van der Waals surface area contributed by atoms with Crippen LogP contribution < -0.4 is 15.0 Å². The number of carbonyl (C=O) groups is 1. The number of ether oxygens (including phenoxy) is 1. The molecule has 6 nitrogen and oxygen atoms in total. The number of hydrogen-bond donors (Lipinski definition) is 1. The Morgan fingerprint density at radius 3 is 2.88 bits per heavy atom. The fraction of sp³-hybridized carbons (Fsp3) is 0.348. The number of pyridine rings is 1. The molecule has 1 unspecified atom stereocenters. The van der Waals surface area contributed by atoms with Gasteiger partial charge in [-0.2, -0.15) is 13.2 Å². The zero-order valence-electron chi connectivity index (χ0n) is 17.9. The summed E-state index contributed by atoms with van der Waals surface area (Å²) < 4.78 is 45.9. The number of alkyl halides is 3. The van der Waals surface area contributed by atoms with Crippen molar-refractivity contribution < 1.29 is 22.7 Å². The van der Waals surface area contributed by atoms with Crippen LogP contribution in [0, 0.1) is 5.92 Å². The summed E-state index contributed by atoms with van der Waals surface area (Å²) in [5.74, 6) is -0.151. The molecule has 1 fully saturated rings. The van der Waals surface area contributed by atoms with E-state index in [1.807, 2.05) is 36.6 Å². The molecule has 1 aliphatic rings. The van der Waals surface area contributed by atoms with Gasteiger partial charge >= 0.3 is 6.18 Å². The molecule has 0 saturated carbocycles. The second-order valence-electron chi connectivity index (χ2n) is 7.61. The Balaban J connectivity index is 1.46. The first-order valence-corrected chi connectivity index (χ1v) is 11.5. The molecule has 0 aliphatic carbocycles. The first kappa shape index (κ1) is 23.0. The van der Waals surface area contributed by atoms with Crippen molar-refractivity contribution in [3.8, 4) is 17.0 Å². The van der Waals surface area contributed by atoms with Crippen LogP contribution in [0.15, 0.2) is 48.0 Å². The van der Waals surface area contributed by atoms with Crippen molar-refractivity contribution in [1.82, 2.24) is 9.97 Å². The predicted molar refractivity (Wildman–Crippen MR) is 122 cm³/mol. The number of amides is 1. The average molecular weight is 477 g/mol. The highest BCUT2D eigenvalue weighted by Crippen LogP contribution is 2.37.